The van der Waals surface area contributed by atoms with Crippen LogP contribution in [0.2, 0.25) is 19.1 Å². The van der Waals surface area contributed by atoms with Gasteiger partial charge in [-0.05, 0) is 44.6 Å². The molecule has 1 aromatic carbocycles. The number of unbranched alkanes of at least 4 members (excludes halogenated alkanes) is 1. The third-order valence-corrected chi connectivity index (χ3v) is 7.73. The Balaban J connectivity index is 1.42. The SMILES string of the molecule is CCCC[Si](C)(C)OCCOCCC(C)Nc1ccnc2cc3c(cc12)OCO3. The lowest BCUT2D eigenvalue weighted by molar-refractivity contribution is 0.0940. The molecule has 1 unspecified atom stereocenters. The number of ether oxygens (including phenoxy) is 3. The molecule has 1 atom stereocenters. The molecule has 0 fully saturated rings. The number of rotatable bonds is 12. The summed E-state index contributed by atoms with van der Waals surface area (Å²) in [7, 11) is -1.51. The number of benzene rings is 1. The van der Waals surface area contributed by atoms with Gasteiger partial charge in [-0.2, -0.15) is 0 Å². The Kier molecular flexibility index (Phi) is 7.75. The summed E-state index contributed by atoms with van der Waals surface area (Å²) >= 11 is 0. The molecule has 160 valence electrons. The molecular formula is C22H34N2O4Si. The smallest absolute Gasteiger partial charge is 0.231 e. The first-order valence-corrected chi connectivity index (χ1v) is 13.8. The first kappa shape index (κ1) is 21.9. The van der Waals surface area contributed by atoms with Crippen LogP contribution in [0.5, 0.6) is 11.5 Å². The maximum Gasteiger partial charge on any atom is 0.231 e. The van der Waals surface area contributed by atoms with Crippen molar-refractivity contribution in [3.63, 3.8) is 0 Å². The Labute approximate surface area is 175 Å². The molecule has 0 saturated carbocycles. The average molecular weight is 419 g/mol. The predicted octanol–water partition coefficient (Wildman–Crippen LogP) is 5.19. The lowest BCUT2D eigenvalue weighted by Gasteiger charge is -2.22. The first-order chi connectivity index (χ1) is 14.0. The van der Waals surface area contributed by atoms with Gasteiger partial charge in [0, 0.05) is 36.0 Å². The van der Waals surface area contributed by atoms with Crippen LogP contribution in [0, 0.1) is 0 Å². The second-order valence-electron chi connectivity index (χ2n) is 8.24. The van der Waals surface area contributed by atoms with E-state index in [-0.39, 0.29) is 12.8 Å². The van der Waals surface area contributed by atoms with Crippen LogP contribution in [-0.4, -0.2) is 46.0 Å². The van der Waals surface area contributed by atoms with E-state index in [0.717, 1.165) is 34.5 Å². The van der Waals surface area contributed by atoms with Crippen LogP contribution in [0.15, 0.2) is 24.4 Å². The van der Waals surface area contributed by atoms with Crippen LogP contribution in [-0.2, 0) is 9.16 Å². The summed E-state index contributed by atoms with van der Waals surface area (Å²) in [5, 5.41) is 4.61. The van der Waals surface area contributed by atoms with Crippen LogP contribution in [0.4, 0.5) is 5.69 Å². The monoisotopic (exact) mass is 418 g/mol. The van der Waals surface area contributed by atoms with Crippen LogP contribution < -0.4 is 14.8 Å². The van der Waals surface area contributed by atoms with Gasteiger partial charge < -0.3 is 24.0 Å². The second kappa shape index (κ2) is 10.3. The van der Waals surface area contributed by atoms with E-state index in [9.17, 15) is 0 Å². The van der Waals surface area contributed by atoms with Crippen LogP contribution >= 0.6 is 0 Å². The summed E-state index contributed by atoms with van der Waals surface area (Å²) in [6.45, 7) is 11.3. The van der Waals surface area contributed by atoms with Crippen LogP contribution in [0.1, 0.15) is 33.1 Å². The minimum Gasteiger partial charge on any atom is -0.454 e. The number of aromatic nitrogens is 1. The van der Waals surface area contributed by atoms with Gasteiger partial charge in [-0.3, -0.25) is 4.98 Å². The molecule has 0 bridgehead atoms. The third-order valence-electron chi connectivity index (χ3n) is 5.19. The summed E-state index contributed by atoms with van der Waals surface area (Å²) in [5.41, 5.74) is 1.95. The lowest BCUT2D eigenvalue weighted by Crippen LogP contribution is -2.31. The van der Waals surface area contributed by atoms with E-state index in [0.29, 0.717) is 19.8 Å². The highest BCUT2D eigenvalue weighted by Gasteiger charge is 2.21. The molecule has 7 heteroatoms. The van der Waals surface area contributed by atoms with E-state index >= 15 is 0 Å². The van der Waals surface area contributed by atoms with Gasteiger partial charge in [0.05, 0.1) is 18.7 Å². The Morgan fingerprint density at radius 3 is 2.76 bits per heavy atom. The van der Waals surface area contributed by atoms with Crippen molar-refractivity contribution >= 4 is 24.9 Å². The Hall–Kier alpha value is -1.83. The highest BCUT2D eigenvalue weighted by Crippen LogP contribution is 2.37. The van der Waals surface area contributed by atoms with Crippen molar-refractivity contribution < 1.29 is 18.6 Å². The molecule has 0 saturated heterocycles. The number of nitrogens with zero attached hydrogens (tertiary/aromatic N) is 1. The molecule has 2 aromatic rings. The molecule has 0 radical (unpaired) electrons. The van der Waals surface area contributed by atoms with Gasteiger partial charge >= 0.3 is 0 Å². The second-order valence-corrected chi connectivity index (χ2v) is 12.5. The van der Waals surface area contributed by atoms with E-state index in [1.165, 1.54) is 18.9 Å². The Bertz CT molecular complexity index is 800. The van der Waals surface area contributed by atoms with Crippen molar-refractivity contribution in [2.45, 2.75) is 58.3 Å². The highest BCUT2D eigenvalue weighted by molar-refractivity contribution is 6.71. The fraction of sp³-hybridized carbons (Fsp3) is 0.591. The predicted molar refractivity (Wildman–Crippen MR) is 120 cm³/mol. The number of pyridine rings is 1. The lowest BCUT2D eigenvalue weighted by atomic mass is 10.1. The van der Waals surface area contributed by atoms with Crippen molar-refractivity contribution in [1.82, 2.24) is 4.98 Å². The van der Waals surface area contributed by atoms with Gasteiger partial charge in [0.15, 0.2) is 19.8 Å². The van der Waals surface area contributed by atoms with Crippen LogP contribution in [0.3, 0.4) is 0 Å². The summed E-state index contributed by atoms with van der Waals surface area (Å²) in [6.07, 6.45) is 5.23. The number of hydrogen-bond acceptors (Lipinski definition) is 6. The van der Waals surface area contributed by atoms with Crippen LogP contribution in [0.25, 0.3) is 10.9 Å². The quantitative estimate of drug-likeness (QED) is 0.378. The minimum absolute atomic E-state index is 0.268. The zero-order valence-electron chi connectivity index (χ0n) is 18.1. The standard InChI is InChI=1S/C22H34N2O4Si/c1-5-6-13-29(3,4)28-12-11-25-10-8-17(2)24-19-7-9-23-20-15-22-21(14-18(19)20)26-16-27-22/h7,9,14-15,17H,5-6,8,10-13,16H2,1-4H3,(H,23,24). The molecule has 3 rings (SSSR count). The third kappa shape index (κ3) is 6.32. The van der Waals surface area contributed by atoms with Crippen molar-refractivity contribution in [1.29, 1.82) is 0 Å². The number of fused-ring (bicyclic) bond motifs is 2. The molecule has 0 spiro atoms. The summed E-state index contributed by atoms with van der Waals surface area (Å²) in [5.74, 6) is 1.53. The van der Waals surface area contributed by atoms with Crippen molar-refractivity contribution in [2.24, 2.45) is 0 Å². The molecule has 1 aromatic heterocycles. The Morgan fingerprint density at radius 1 is 1.17 bits per heavy atom. The molecule has 6 nitrogen and oxygen atoms in total. The van der Waals surface area contributed by atoms with Crippen molar-refractivity contribution in [2.75, 3.05) is 31.9 Å². The zero-order chi connectivity index (χ0) is 20.7. The van der Waals surface area contributed by atoms with Crippen molar-refractivity contribution in [3.05, 3.63) is 24.4 Å². The first-order valence-electron chi connectivity index (χ1n) is 10.6. The maximum atomic E-state index is 6.09. The van der Waals surface area contributed by atoms with Gasteiger partial charge in [-0.1, -0.05) is 19.8 Å². The van der Waals surface area contributed by atoms with Gasteiger partial charge in [0.1, 0.15) is 0 Å². The van der Waals surface area contributed by atoms with E-state index in [1.54, 1.807) is 0 Å². The van der Waals surface area contributed by atoms with E-state index in [2.05, 4.69) is 37.2 Å². The zero-order valence-corrected chi connectivity index (χ0v) is 19.1. The fourth-order valence-corrected chi connectivity index (χ4v) is 5.40. The molecule has 29 heavy (non-hydrogen) atoms. The summed E-state index contributed by atoms with van der Waals surface area (Å²) < 4.78 is 22.8. The maximum absolute atomic E-state index is 6.09. The molecule has 1 N–H and O–H groups in total. The fourth-order valence-electron chi connectivity index (χ4n) is 3.41. The van der Waals surface area contributed by atoms with E-state index in [1.807, 2.05) is 24.4 Å². The van der Waals surface area contributed by atoms with Gasteiger partial charge in [-0.15, -0.1) is 0 Å². The van der Waals surface area contributed by atoms with E-state index in [4.69, 9.17) is 18.6 Å². The molecular weight excluding hydrogens is 384 g/mol. The number of anilines is 1. The average Bonchev–Trinajstić information content (AvgIpc) is 3.15. The van der Waals surface area contributed by atoms with Gasteiger partial charge in [0.25, 0.3) is 0 Å². The summed E-state index contributed by atoms with van der Waals surface area (Å²) in [6, 6.07) is 7.44. The molecule has 2 heterocycles. The van der Waals surface area contributed by atoms with Gasteiger partial charge in [-0.25, -0.2) is 0 Å². The normalized spacial score (nSPS) is 14.3. The van der Waals surface area contributed by atoms with Crippen molar-refractivity contribution in [3.8, 4) is 11.5 Å². The topological polar surface area (TPSA) is 61.8 Å². The molecule has 0 amide bonds. The minimum atomic E-state index is -1.51. The molecule has 1 aliphatic rings. The summed E-state index contributed by atoms with van der Waals surface area (Å²) in [4.78, 5) is 4.45. The largest absolute Gasteiger partial charge is 0.454 e. The number of hydrogen-bond donors (Lipinski definition) is 1. The van der Waals surface area contributed by atoms with Gasteiger partial charge in [0.2, 0.25) is 6.79 Å². The molecule has 0 aliphatic carbocycles. The van der Waals surface area contributed by atoms with E-state index < -0.39 is 8.32 Å². The number of nitrogens with one attached hydrogen (secondary N) is 1. The highest BCUT2D eigenvalue weighted by atomic mass is 28.4. The Morgan fingerprint density at radius 2 is 1.97 bits per heavy atom. The molecule has 1 aliphatic heterocycles.